The smallest absolute Gasteiger partial charge is 0.230 e. The zero-order valence-corrected chi connectivity index (χ0v) is 17.2. The molecule has 1 N–H and O–H groups in total. The number of hydrogen-bond acceptors (Lipinski definition) is 5. The van der Waals surface area contributed by atoms with Gasteiger partial charge in [0.1, 0.15) is 0 Å². The number of aryl methyl sites for hydroxylation is 2. The molecule has 0 fully saturated rings. The first-order valence-corrected chi connectivity index (χ1v) is 10.4. The minimum atomic E-state index is -0.0252. The van der Waals surface area contributed by atoms with E-state index in [1.54, 1.807) is 4.68 Å². The van der Waals surface area contributed by atoms with E-state index in [-0.39, 0.29) is 17.7 Å². The molecule has 146 valence electrons. The van der Waals surface area contributed by atoms with Gasteiger partial charge in [-0.2, -0.15) is 4.68 Å². The van der Waals surface area contributed by atoms with Crippen molar-refractivity contribution >= 4 is 17.7 Å². The van der Waals surface area contributed by atoms with Crippen LogP contribution in [0.1, 0.15) is 42.5 Å². The molecule has 1 aromatic heterocycles. The number of nitrogens with zero attached hydrogens (tertiary/aromatic N) is 4. The van der Waals surface area contributed by atoms with Gasteiger partial charge in [0.15, 0.2) is 0 Å². The van der Waals surface area contributed by atoms with Crippen molar-refractivity contribution in [3.8, 4) is 5.69 Å². The number of benzene rings is 2. The van der Waals surface area contributed by atoms with E-state index in [0.717, 1.165) is 35.2 Å². The summed E-state index contributed by atoms with van der Waals surface area (Å²) < 4.78 is 1.70. The van der Waals surface area contributed by atoms with Crippen molar-refractivity contribution in [1.82, 2.24) is 25.5 Å². The third-order valence-electron chi connectivity index (χ3n) is 4.48. The van der Waals surface area contributed by atoms with Crippen LogP contribution in [0.25, 0.3) is 5.69 Å². The van der Waals surface area contributed by atoms with Gasteiger partial charge in [-0.3, -0.25) is 4.79 Å². The summed E-state index contributed by atoms with van der Waals surface area (Å²) in [6.45, 7) is 6.17. The second kappa shape index (κ2) is 9.50. The van der Waals surface area contributed by atoms with E-state index >= 15 is 0 Å². The van der Waals surface area contributed by atoms with Crippen molar-refractivity contribution in [3.63, 3.8) is 0 Å². The summed E-state index contributed by atoms with van der Waals surface area (Å²) >= 11 is 1.34. The van der Waals surface area contributed by atoms with Crippen LogP contribution < -0.4 is 5.32 Å². The van der Waals surface area contributed by atoms with Crippen LogP contribution >= 0.6 is 11.8 Å². The molecular weight excluding hydrogens is 370 g/mol. The standard InChI is InChI=1S/C21H25N5OS/c1-4-8-18(17-9-6-5-7-10-17)22-20(27)14-28-21-23-24-25-26(21)19-13-15(2)11-12-16(19)3/h5-7,9-13,18H,4,8,14H2,1-3H3,(H,22,27)/t18-/m0/s1. The maximum absolute atomic E-state index is 12.6. The van der Waals surface area contributed by atoms with Crippen LogP contribution in [0.4, 0.5) is 0 Å². The second-order valence-electron chi connectivity index (χ2n) is 6.77. The van der Waals surface area contributed by atoms with Gasteiger partial charge >= 0.3 is 0 Å². The maximum Gasteiger partial charge on any atom is 0.230 e. The molecule has 0 radical (unpaired) electrons. The van der Waals surface area contributed by atoms with E-state index in [1.165, 1.54) is 11.8 Å². The van der Waals surface area contributed by atoms with Gasteiger partial charge in [0.05, 0.1) is 17.5 Å². The fourth-order valence-electron chi connectivity index (χ4n) is 3.03. The molecule has 7 heteroatoms. The lowest BCUT2D eigenvalue weighted by Gasteiger charge is -2.18. The largest absolute Gasteiger partial charge is 0.349 e. The van der Waals surface area contributed by atoms with Gasteiger partial charge in [0.2, 0.25) is 11.1 Å². The quantitative estimate of drug-likeness (QED) is 0.583. The Morgan fingerprint density at radius 3 is 2.71 bits per heavy atom. The number of nitrogens with one attached hydrogen (secondary N) is 1. The summed E-state index contributed by atoms with van der Waals surface area (Å²) in [5.74, 6) is 0.237. The van der Waals surface area contributed by atoms with Crippen molar-refractivity contribution < 1.29 is 4.79 Å². The predicted octanol–water partition coefficient (Wildman–Crippen LogP) is 4.03. The molecule has 1 heterocycles. The third kappa shape index (κ3) is 4.98. The normalized spacial score (nSPS) is 12.0. The highest BCUT2D eigenvalue weighted by Crippen LogP contribution is 2.22. The summed E-state index contributed by atoms with van der Waals surface area (Å²) in [6.07, 6.45) is 1.90. The molecular formula is C21H25N5OS. The van der Waals surface area contributed by atoms with Crippen LogP contribution in [-0.2, 0) is 4.79 Å². The summed E-state index contributed by atoms with van der Waals surface area (Å²) in [5, 5.41) is 15.7. The SMILES string of the molecule is CCC[C@H](NC(=O)CSc1nnnn1-c1cc(C)ccc1C)c1ccccc1. The number of carbonyl (C=O) groups is 1. The van der Waals surface area contributed by atoms with Crippen molar-refractivity contribution in [2.24, 2.45) is 0 Å². The molecule has 3 aromatic rings. The second-order valence-corrected chi connectivity index (χ2v) is 7.71. The van der Waals surface area contributed by atoms with Crippen LogP contribution in [0.2, 0.25) is 0 Å². The molecule has 28 heavy (non-hydrogen) atoms. The molecule has 0 aliphatic carbocycles. The van der Waals surface area contributed by atoms with E-state index in [2.05, 4.69) is 46.0 Å². The van der Waals surface area contributed by atoms with Crippen LogP contribution in [-0.4, -0.2) is 31.9 Å². The van der Waals surface area contributed by atoms with E-state index in [9.17, 15) is 4.79 Å². The van der Waals surface area contributed by atoms with Crippen LogP contribution in [0.5, 0.6) is 0 Å². The molecule has 0 saturated carbocycles. The van der Waals surface area contributed by atoms with E-state index in [1.807, 2.05) is 44.2 Å². The van der Waals surface area contributed by atoms with Crippen molar-refractivity contribution in [3.05, 3.63) is 65.2 Å². The Balaban J connectivity index is 1.67. The van der Waals surface area contributed by atoms with Gasteiger partial charge in [0, 0.05) is 0 Å². The Morgan fingerprint density at radius 2 is 1.96 bits per heavy atom. The molecule has 0 aliphatic rings. The highest BCUT2D eigenvalue weighted by molar-refractivity contribution is 7.99. The fraction of sp³-hybridized carbons (Fsp3) is 0.333. The number of tetrazole rings is 1. The Labute approximate surface area is 169 Å². The molecule has 6 nitrogen and oxygen atoms in total. The summed E-state index contributed by atoms with van der Waals surface area (Å²) in [6, 6.07) is 16.2. The molecule has 1 atom stereocenters. The molecule has 0 saturated heterocycles. The lowest BCUT2D eigenvalue weighted by Crippen LogP contribution is -2.30. The number of thioether (sulfide) groups is 1. The maximum atomic E-state index is 12.6. The fourth-order valence-corrected chi connectivity index (χ4v) is 3.72. The van der Waals surface area contributed by atoms with Gasteiger partial charge in [-0.1, -0.05) is 67.6 Å². The van der Waals surface area contributed by atoms with Gasteiger partial charge in [0.25, 0.3) is 0 Å². The summed E-state index contributed by atoms with van der Waals surface area (Å²) in [5.41, 5.74) is 4.27. The predicted molar refractivity (Wildman–Crippen MR) is 112 cm³/mol. The van der Waals surface area contributed by atoms with Crippen molar-refractivity contribution in [2.75, 3.05) is 5.75 Å². The molecule has 0 unspecified atom stereocenters. The van der Waals surface area contributed by atoms with Crippen LogP contribution in [0, 0.1) is 13.8 Å². The number of rotatable bonds is 8. The molecule has 0 bridgehead atoms. The number of carbonyl (C=O) groups excluding carboxylic acids is 1. The lowest BCUT2D eigenvalue weighted by atomic mass is 10.0. The van der Waals surface area contributed by atoms with E-state index in [4.69, 9.17) is 0 Å². The Hall–Kier alpha value is -2.67. The van der Waals surface area contributed by atoms with Crippen molar-refractivity contribution in [2.45, 2.75) is 44.8 Å². The van der Waals surface area contributed by atoms with E-state index < -0.39 is 0 Å². The first kappa shape index (κ1) is 20.1. The molecule has 1 amide bonds. The number of aromatic nitrogens is 4. The molecule has 3 rings (SSSR count). The first-order chi connectivity index (χ1) is 13.6. The molecule has 0 spiro atoms. The first-order valence-electron chi connectivity index (χ1n) is 9.41. The third-order valence-corrected chi connectivity index (χ3v) is 5.40. The minimum absolute atomic E-state index is 0.0225. The van der Waals surface area contributed by atoms with Gasteiger partial charge in [-0.15, -0.1) is 5.10 Å². The minimum Gasteiger partial charge on any atom is -0.349 e. The highest BCUT2D eigenvalue weighted by Gasteiger charge is 2.16. The number of amides is 1. The zero-order chi connectivity index (χ0) is 19.9. The Kier molecular flexibility index (Phi) is 6.81. The van der Waals surface area contributed by atoms with Crippen LogP contribution in [0.15, 0.2) is 53.7 Å². The topological polar surface area (TPSA) is 72.7 Å². The van der Waals surface area contributed by atoms with E-state index in [0.29, 0.717) is 5.16 Å². The monoisotopic (exact) mass is 395 g/mol. The van der Waals surface area contributed by atoms with Gasteiger partial charge < -0.3 is 5.32 Å². The average Bonchev–Trinajstić information content (AvgIpc) is 3.17. The van der Waals surface area contributed by atoms with Gasteiger partial charge in [-0.05, 0) is 53.5 Å². The Bertz CT molecular complexity index is 926. The highest BCUT2D eigenvalue weighted by atomic mass is 32.2. The Morgan fingerprint density at radius 1 is 1.18 bits per heavy atom. The average molecular weight is 396 g/mol. The lowest BCUT2D eigenvalue weighted by molar-refractivity contribution is -0.119. The summed E-state index contributed by atoms with van der Waals surface area (Å²) in [7, 11) is 0. The number of hydrogen-bond donors (Lipinski definition) is 1. The van der Waals surface area contributed by atoms with Gasteiger partial charge in [-0.25, -0.2) is 0 Å². The zero-order valence-electron chi connectivity index (χ0n) is 16.4. The van der Waals surface area contributed by atoms with Crippen LogP contribution in [0.3, 0.4) is 0 Å². The van der Waals surface area contributed by atoms with Crippen molar-refractivity contribution in [1.29, 1.82) is 0 Å². The molecule has 2 aromatic carbocycles. The summed E-state index contributed by atoms with van der Waals surface area (Å²) in [4.78, 5) is 12.6. The molecule has 0 aliphatic heterocycles.